The Morgan fingerprint density at radius 3 is 0.500 bits per heavy atom. The first-order valence-electron chi connectivity index (χ1n) is 73.5. The lowest BCUT2D eigenvalue weighted by atomic mass is 9.64. The molecule has 2 aliphatic rings. The van der Waals surface area contributed by atoms with Crippen molar-refractivity contribution in [3.8, 4) is 0 Å². The van der Waals surface area contributed by atoms with Crippen molar-refractivity contribution in [2.24, 2.45) is 52.8 Å². The van der Waals surface area contributed by atoms with Crippen LogP contribution in [0.5, 0.6) is 0 Å². The zero-order valence-corrected chi connectivity index (χ0v) is 108. The molecule has 0 aromatic heterocycles. The Morgan fingerprint density at radius 1 is 0.153 bits per heavy atom. The third-order valence-electron chi connectivity index (χ3n) is 38.8. The monoisotopic (exact) mass is 2100 g/mol. The third kappa shape index (κ3) is 93.0. The van der Waals surface area contributed by atoms with E-state index in [-0.39, 0.29) is 0 Å². The maximum Gasteiger partial charge on any atom is -0.00770 e. The zero-order valence-electron chi connectivity index (χ0n) is 108. The van der Waals surface area contributed by atoms with Crippen LogP contribution in [0.3, 0.4) is 0 Å². The molecule has 0 amide bonds. The van der Waals surface area contributed by atoms with Crippen LogP contribution < -0.4 is 0 Å². The van der Waals surface area contributed by atoms with E-state index in [1.165, 1.54) is 770 Å². The van der Waals surface area contributed by atoms with Crippen LogP contribution in [0.25, 0.3) is 0 Å². The van der Waals surface area contributed by atoms with Crippen LogP contribution in [0.15, 0.2) is 22.3 Å². The zero-order chi connectivity index (χ0) is 108. The van der Waals surface area contributed by atoms with Crippen molar-refractivity contribution in [2.75, 3.05) is 0 Å². The molecule has 0 aliphatic heterocycles. The van der Waals surface area contributed by atoms with Crippen molar-refractivity contribution < 1.29 is 0 Å². The summed E-state index contributed by atoms with van der Waals surface area (Å²) in [5.74, 6) is 7.47. The van der Waals surface area contributed by atoms with Gasteiger partial charge in [-0.15, -0.1) is 0 Å². The quantitative estimate of drug-likeness (QED) is 0.0421. The van der Waals surface area contributed by atoms with Crippen LogP contribution in [0.4, 0.5) is 0 Å². The molecule has 0 aromatic rings. The van der Waals surface area contributed by atoms with E-state index < -0.39 is 0 Å². The molecule has 0 radical (unpaired) electrons. The lowest BCUT2D eigenvalue weighted by Gasteiger charge is -2.41. The van der Waals surface area contributed by atoms with Crippen LogP contribution in [-0.4, -0.2) is 0 Å². The molecule has 0 heteroatoms. The van der Waals surface area contributed by atoms with Gasteiger partial charge in [-0.1, -0.05) is 838 Å². The minimum Gasteiger partial charge on any atom is -0.0704 e. The smallest absolute Gasteiger partial charge is 0.00770 e. The standard InChI is InChI=1S/C85H168.C65H128/c1-9-17-25-33-41-45-53-58-66-79(65-57-49-37-29-21-13-5)75-83-73-74-85(77-81(69-61-51-39-31-23-15-7)71-63-55-47-43-35-27-19-11-3,78-82(70-62-52-40-32-24-16-8)72-64-56-48-44-36-28-20-12-4)84(83)76-80(67-59-50-38-30-22-14-6)68-60-54-46-42-34-26-18-10-2;1-7-13-19-25-31-34-40-45-51-60(49-43-37-28-22-16-10-4)57-63-55-56-64(58-61(50-44-38-29-23-17-11-5)52-46-41-35-32-26-20-14-8-2)65(63)59-62(53-47-39-30-24-18-12-6)54-48-42-36-33-27-21-15-9-3/h79-82H,9-78H2,1-8H3;60-63H,7-59H2,1-6H3. The van der Waals surface area contributed by atoms with Crippen molar-refractivity contribution in [1.29, 1.82) is 0 Å². The van der Waals surface area contributed by atoms with Gasteiger partial charge in [0.2, 0.25) is 0 Å². The molecule has 0 nitrogen and oxygen atoms in total. The average Bonchev–Trinajstić information content (AvgIpc) is 1.62. The summed E-state index contributed by atoms with van der Waals surface area (Å²) >= 11 is 0. The lowest BCUT2D eigenvalue weighted by Crippen LogP contribution is -2.29. The van der Waals surface area contributed by atoms with Gasteiger partial charge in [-0.25, -0.2) is 0 Å². The van der Waals surface area contributed by atoms with E-state index >= 15 is 0 Å². The fraction of sp³-hybridized carbons (Fsp3) is 0.973. The first-order valence-corrected chi connectivity index (χ1v) is 73.5. The second-order valence-electron chi connectivity index (χ2n) is 53.5. The van der Waals surface area contributed by atoms with Gasteiger partial charge in [0.1, 0.15) is 0 Å². The highest BCUT2D eigenvalue weighted by Crippen LogP contribution is 2.58. The Morgan fingerprint density at radius 2 is 0.307 bits per heavy atom. The molecule has 896 valence electrons. The minimum atomic E-state index is 0.456. The summed E-state index contributed by atoms with van der Waals surface area (Å²) in [4.78, 5) is 0. The number of rotatable bonds is 126. The molecule has 0 fully saturated rings. The van der Waals surface area contributed by atoms with Crippen LogP contribution in [0.1, 0.15) is 887 Å². The predicted octanol–water partition coefficient (Wildman–Crippen LogP) is 56.8. The van der Waals surface area contributed by atoms with Gasteiger partial charge in [0.05, 0.1) is 0 Å². The van der Waals surface area contributed by atoms with Gasteiger partial charge in [0.25, 0.3) is 0 Å². The molecule has 0 aromatic carbocycles. The van der Waals surface area contributed by atoms with Gasteiger partial charge >= 0.3 is 0 Å². The maximum atomic E-state index is 2.41. The fourth-order valence-corrected chi connectivity index (χ4v) is 28.7. The third-order valence-corrected chi connectivity index (χ3v) is 38.8. The van der Waals surface area contributed by atoms with Gasteiger partial charge in [0, 0.05) is 0 Å². The Bertz CT molecular complexity index is 2550. The predicted molar refractivity (Wildman–Crippen MR) is 692 cm³/mol. The van der Waals surface area contributed by atoms with Gasteiger partial charge in [0.15, 0.2) is 0 Å². The van der Waals surface area contributed by atoms with E-state index in [9.17, 15) is 0 Å². The minimum absolute atomic E-state index is 0.456. The average molecular weight is 2100 g/mol. The van der Waals surface area contributed by atoms with Gasteiger partial charge < -0.3 is 0 Å². The molecule has 2 aliphatic carbocycles. The van der Waals surface area contributed by atoms with E-state index in [2.05, 4.69) is 114 Å². The normalized spacial score (nSPS) is 15.9. The molecule has 150 heavy (non-hydrogen) atoms. The molecular weight excluding hydrogens is 1800 g/mol. The molecule has 8 unspecified atom stereocenters. The van der Waals surface area contributed by atoms with Crippen LogP contribution >= 0.6 is 0 Å². The number of hydrogen-bond acceptors (Lipinski definition) is 0. The second kappa shape index (κ2) is 119. The van der Waals surface area contributed by atoms with E-state index in [4.69, 9.17) is 0 Å². The number of allylic oxidation sites excluding steroid dienone is 4. The second-order valence-corrected chi connectivity index (χ2v) is 53.5. The van der Waals surface area contributed by atoms with E-state index in [0.717, 1.165) is 47.3 Å². The van der Waals surface area contributed by atoms with Crippen molar-refractivity contribution in [3.63, 3.8) is 0 Å². The molecule has 0 spiro atoms. The van der Waals surface area contributed by atoms with E-state index in [0.29, 0.717) is 5.41 Å². The first-order chi connectivity index (χ1) is 74.1. The Hall–Kier alpha value is -0.520. The largest absolute Gasteiger partial charge is 0.0704 e. The van der Waals surface area contributed by atoms with Crippen LogP contribution in [0, 0.1) is 52.8 Å². The Labute approximate surface area is 955 Å². The molecule has 0 heterocycles. The topological polar surface area (TPSA) is 0 Å². The molecule has 0 saturated heterocycles. The highest BCUT2D eigenvalue weighted by atomic mass is 14.5. The first kappa shape index (κ1) is 147. The SMILES string of the molecule is CCCCCCCCCCC(CCCCCCCC)CC1=C(CC(CCCCCCCC)CCCCCCCCCC)C(CC(CCCCCCCC)CCCCCCCCCC)(CC(CCCCCCCC)CCCCCCCCCC)CC1.CCCCCCCCCCC(CCCCCCCC)CC1=C(CC(CCCCCCCC)CCCCCCCCCC)C(CC(CCCCCCCC)CCCCCCCCCC)CC1. The molecular formula is C150H296. The maximum absolute atomic E-state index is 2.41. The lowest BCUT2D eigenvalue weighted by molar-refractivity contribution is 0.166. The van der Waals surface area contributed by atoms with Crippen molar-refractivity contribution in [3.05, 3.63) is 22.3 Å². The van der Waals surface area contributed by atoms with Crippen molar-refractivity contribution in [2.45, 2.75) is 887 Å². The van der Waals surface area contributed by atoms with Gasteiger partial charge in [-0.2, -0.15) is 0 Å². The highest BCUT2D eigenvalue weighted by molar-refractivity contribution is 5.30. The molecule has 8 atom stereocenters. The summed E-state index contributed by atoms with van der Waals surface area (Å²) in [5.41, 5.74) is 8.89. The summed E-state index contributed by atoms with van der Waals surface area (Å²) in [6.07, 6.45) is 181. The highest BCUT2D eigenvalue weighted by Gasteiger charge is 2.44. The van der Waals surface area contributed by atoms with Crippen LogP contribution in [0.2, 0.25) is 0 Å². The molecule has 2 rings (SSSR count). The van der Waals surface area contributed by atoms with E-state index in [1.807, 2.05) is 5.57 Å². The summed E-state index contributed by atoms with van der Waals surface area (Å²) in [6.45, 7) is 33.4. The van der Waals surface area contributed by atoms with Crippen LogP contribution in [-0.2, 0) is 0 Å². The summed E-state index contributed by atoms with van der Waals surface area (Å²) in [6, 6.07) is 0. The molecule has 0 N–H and O–H groups in total. The van der Waals surface area contributed by atoms with Crippen molar-refractivity contribution >= 4 is 0 Å². The van der Waals surface area contributed by atoms with Gasteiger partial charge in [-0.05, 0) is 123 Å². The van der Waals surface area contributed by atoms with Crippen molar-refractivity contribution in [1.82, 2.24) is 0 Å². The Balaban J connectivity index is 0.00000155. The number of unbranched alkanes of at least 4 members (excludes halogenated alkanes) is 84. The Kier molecular flexibility index (Phi) is 117. The number of hydrogen-bond donors (Lipinski definition) is 0. The summed E-state index contributed by atoms with van der Waals surface area (Å²) in [7, 11) is 0. The summed E-state index contributed by atoms with van der Waals surface area (Å²) < 4.78 is 0. The van der Waals surface area contributed by atoms with Gasteiger partial charge in [-0.3, -0.25) is 0 Å². The fourth-order valence-electron chi connectivity index (χ4n) is 28.7. The summed E-state index contributed by atoms with van der Waals surface area (Å²) in [5, 5.41) is 0. The molecule has 0 bridgehead atoms. The van der Waals surface area contributed by atoms with E-state index in [1.54, 1.807) is 19.3 Å². The molecule has 0 saturated carbocycles.